The molecule has 0 aliphatic carbocycles. The summed E-state index contributed by atoms with van der Waals surface area (Å²) in [6.45, 7) is 7.37. The molecule has 5 heteroatoms. The number of carbonyl (C=O) groups excluding carboxylic acids is 1. The van der Waals surface area contributed by atoms with E-state index in [1.54, 1.807) is 0 Å². The highest BCUT2D eigenvalue weighted by molar-refractivity contribution is 5.92. The summed E-state index contributed by atoms with van der Waals surface area (Å²) in [5.74, 6) is 0.0378. The SMILES string of the molecule is CCOCc1ccccc1NC(=O)CN1CCNCC1. The zero-order valence-corrected chi connectivity index (χ0v) is 12.0. The molecule has 0 aromatic heterocycles. The van der Waals surface area contributed by atoms with Crippen LogP contribution in [0.4, 0.5) is 5.69 Å². The maximum absolute atomic E-state index is 12.1. The standard InChI is InChI=1S/C15H23N3O2/c1-2-20-12-13-5-3-4-6-14(13)17-15(19)11-18-9-7-16-8-10-18/h3-6,16H,2,7-12H2,1H3,(H,17,19). The van der Waals surface area contributed by atoms with Crippen molar-refractivity contribution < 1.29 is 9.53 Å². The van der Waals surface area contributed by atoms with Gasteiger partial charge in [0.25, 0.3) is 0 Å². The van der Waals surface area contributed by atoms with Gasteiger partial charge in [0.15, 0.2) is 0 Å². The van der Waals surface area contributed by atoms with E-state index < -0.39 is 0 Å². The zero-order chi connectivity index (χ0) is 14.2. The average molecular weight is 277 g/mol. The summed E-state index contributed by atoms with van der Waals surface area (Å²) in [5.41, 5.74) is 1.86. The first kappa shape index (κ1) is 15.0. The second-order valence-corrected chi connectivity index (χ2v) is 4.87. The number of piperazine rings is 1. The van der Waals surface area contributed by atoms with Gasteiger partial charge in [-0.15, -0.1) is 0 Å². The highest BCUT2D eigenvalue weighted by Gasteiger charge is 2.14. The minimum Gasteiger partial charge on any atom is -0.377 e. The summed E-state index contributed by atoms with van der Waals surface area (Å²) >= 11 is 0. The molecule has 1 heterocycles. The Bertz CT molecular complexity index is 431. The minimum atomic E-state index is 0.0378. The fourth-order valence-electron chi connectivity index (χ4n) is 2.24. The molecule has 5 nitrogen and oxygen atoms in total. The van der Waals surface area contributed by atoms with Crippen molar-refractivity contribution in [2.75, 3.05) is 44.6 Å². The predicted octanol–water partition coefficient (Wildman–Crippen LogP) is 1.07. The van der Waals surface area contributed by atoms with Gasteiger partial charge in [0.05, 0.1) is 13.2 Å². The predicted molar refractivity (Wildman–Crippen MR) is 79.7 cm³/mol. The molecule has 2 rings (SSSR count). The van der Waals surface area contributed by atoms with E-state index in [1.807, 2.05) is 31.2 Å². The number of nitrogens with one attached hydrogen (secondary N) is 2. The molecule has 0 radical (unpaired) electrons. The van der Waals surface area contributed by atoms with E-state index in [9.17, 15) is 4.79 Å². The molecule has 0 bridgehead atoms. The Morgan fingerprint density at radius 3 is 2.85 bits per heavy atom. The highest BCUT2D eigenvalue weighted by atomic mass is 16.5. The van der Waals surface area contributed by atoms with Gasteiger partial charge in [-0.1, -0.05) is 18.2 Å². The molecule has 1 aliphatic rings. The van der Waals surface area contributed by atoms with E-state index in [2.05, 4.69) is 15.5 Å². The number of carbonyl (C=O) groups is 1. The lowest BCUT2D eigenvalue weighted by Crippen LogP contribution is -2.46. The lowest BCUT2D eigenvalue weighted by atomic mass is 10.2. The lowest BCUT2D eigenvalue weighted by Gasteiger charge is -2.26. The van der Waals surface area contributed by atoms with Crippen LogP contribution >= 0.6 is 0 Å². The number of para-hydroxylation sites is 1. The molecule has 20 heavy (non-hydrogen) atoms. The maximum atomic E-state index is 12.1. The quantitative estimate of drug-likeness (QED) is 0.816. The first-order valence-electron chi connectivity index (χ1n) is 7.18. The molecule has 110 valence electrons. The number of hydrogen-bond acceptors (Lipinski definition) is 4. The van der Waals surface area contributed by atoms with Crippen LogP contribution in [0.1, 0.15) is 12.5 Å². The van der Waals surface area contributed by atoms with Gasteiger partial charge in [-0.3, -0.25) is 9.69 Å². The van der Waals surface area contributed by atoms with Crippen molar-refractivity contribution in [3.8, 4) is 0 Å². The van der Waals surface area contributed by atoms with Gasteiger partial charge in [-0.25, -0.2) is 0 Å². The summed E-state index contributed by atoms with van der Waals surface area (Å²) < 4.78 is 5.42. The van der Waals surface area contributed by atoms with Crippen molar-refractivity contribution in [3.05, 3.63) is 29.8 Å². The molecule has 2 N–H and O–H groups in total. The van der Waals surface area contributed by atoms with E-state index in [-0.39, 0.29) is 5.91 Å². The Hall–Kier alpha value is -1.43. The van der Waals surface area contributed by atoms with Crippen LogP contribution in [0.25, 0.3) is 0 Å². The molecule has 1 amide bonds. The van der Waals surface area contributed by atoms with E-state index in [0.717, 1.165) is 37.4 Å². The van der Waals surface area contributed by atoms with E-state index in [0.29, 0.717) is 19.8 Å². The van der Waals surface area contributed by atoms with Crippen molar-refractivity contribution in [2.24, 2.45) is 0 Å². The summed E-state index contributed by atoms with van der Waals surface area (Å²) in [5, 5.41) is 6.27. The van der Waals surface area contributed by atoms with Crippen LogP contribution in [-0.4, -0.2) is 50.1 Å². The third-order valence-electron chi connectivity index (χ3n) is 3.33. The third kappa shape index (κ3) is 4.59. The fraction of sp³-hybridized carbons (Fsp3) is 0.533. The molecule has 1 aliphatic heterocycles. The van der Waals surface area contributed by atoms with Crippen LogP contribution in [0.2, 0.25) is 0 Å². The van der Waals surface area contributed by atoms with Gasteiger partial charge in [0.2, 0.25) is 5.91 Å². The number of benzene rings is 1. The summed E-state index contributed by atoms with van der Waals surface area (Å²) in [4.78, 5) is 14.3. The van der Waals surface area contributed by atoms with Crippen molar-refractivity contribution in [1.82, 2.24) is 10.2 Å². The van der Waals surface area contributed by atoms with Gasteiger partial charge in [-0.05, 0) is 13.0 Å². The Morgan fingerprint density at radius 1 is 1.35 bits per heavy atom. The number of nitrogens with zero attached hydrogens (tertiary/aromatic N) is 1. The van der Waals surface area contributed by atoms with Crippen LogP contribution < -0.4 is 10.6 Å². The topological polar surface area (TPSA) is 53.6 Å². The van der Waals surface area contributed by atoms with Gasteiger partial charge >= 0.3 is 0 Å². The highest BCUT2D eigenvalue weighted by Crippen LogP contribution is 2.16. The first-order valence-corrected chi connectivity index (χ1v) is 7.18. The van der Waals surface area contributed by atoms with E-state index >= 15 is 0 Å². The van der Waals surface area contributed by atoms with Crippen molar-refractivity contribution >= 4 is 11.6 Å². The lowest BCUT2D eigenvalue weighted by molar-refractivity contribution is -0.117. The minimum absolute atomic E-state index is 0.0378. The summed E-state index contributed by atoms with van der Waals surface area (Å²) in [7, 11) is 0. The van der Waals surface area contributed by atoms with Gasteiger partial charge in [-0.2, -0.15) is 0 Å². The molecule has 1 aromatic carbocycles. The van der Waals surface area contributed by atoms with Crippen LogP contribution in [0, 0.1) is 0 Å². The van der Waals surface area contributed by atoms with Crippen molar-refractivity contribution in [1.29, 1.82) is 0 Å². The number of hydrogen-bond donors (Lipinski definition) is 2. The van der Waals surface area contributed by atoms with Gasteiger partial charge < -0.3 is 15.4 Å². The zero-order valence-electron chi connectivity index (χ0n) is 12.0. The van der Waals surface area contributed by atoms with Crippen LogP contribution in [-0.2, 0) is 16.1 Å². The van der Waals surface area contributed by atoms with Gasteiger partial charge in [0.1, 0.15) is 0 Å². The van der Waals surface area contributed by atoms with Crippen LogP contribution in [0.5, 0.6) is 0 Å². The van der Waals surface area contributed by atoms with Gasteiger partial charge in [0, 0.05) is 44.0 Å². The maximum Gasteiger partial charge on any atom is 0.238 e. The summed E-state index contributed by atoms with van der Waals surface area (Å²) in [6.07, 6.45) is 0. The smallest absolute Gasteiger partial charge is 0.238 e. The molecular formula is C15H23N3O2. The molecule has 1 saturated heterocycles. The second kappa shape index (κ2) is 7.99. The Balaban J connectivity index is 1.89. The number of amides is 1. The first-order chi connectivity index (χ1) is 9.79. The second-order valence-electron chi connectivity index (χ2n) is 4.87. The van der Waals surface area contributed by atoms with Crippen LogP contribution in [0.3, 0.4) is 0 Å². The molecule has 0 spiro atoms. The fourth-order valence-corrected chi connectivity index (χ4v) is 2.24. The molecule has 0 unspecified atom stereocenters. The normalized spacial score (nSPS) is 16.1. The average Bonchev–Trinajstić information content (AvgIpc) is 2.47. The molecular weight excluding hydrogens is 254 g/mol. The largest absolute Gasteiger partial charge is 0.377 e. The van der Waals surface area contributed by atoms with E-state index in [4.69, 9.17) is 4.74 Å². The molecule has 1 aromatic rings. The number of anilines is 1. The van der Waals surface area contributed by atoms with E-state index in [1.165, 1.54) is 0 Å². The Kier molecular flexibility index (Phi) is 5.98. The number of ether oxygens (including phenoxy) is 1. The molecule has 0 atom stereocenters. The molecule has 0 saturated carbocycles. The summed E-state index contributed by atoms with van der Waals surface area (Å²) in [6, 6.07) is 7.79. The third-order valence-corrected chi connectivity index (χ3v) is 3.33. The monoisotopic (exact) mass is 277 g/mol. The van der Waals surface area contributed by atoms with Crippen molar-refractivity contribution in [3.63, 3.8) is 0 Å². The molecule has 1 fully saturated rings. The van der Waals surface area contributed by atoms with Crippen molar-refractivity contribution in [2.45, 2.75) is 13.5 Å². The number of rotatable bonds is 6. The Morgan fingerprint density at radius 2 is 2.10 bits per heavy atom. The Labute approximate surface area is 120 Å². The van der Waals surface area contributed by atoms with Crippen LogP contribution in [0.15, 0.2) is 24.3 Å².